The number of benzene rings is 2. The van der Waals surface area contributed by atoms with Gasteiger partial charge >= 0.3 is 0 Å². The number of rotatable bonds is 8. The second kappa shape index (κ2) is 12.4. The number of ether oxygens (including phenoxy) is 4. The van der Waals surface area contributed by atoms with E-state index in [0.29, 0.717) is 40.9 Å². The van der Waals surface area contributed by atoms with Gasteiger partial charge in [0.25, 0.3) is 5.91 Å². The minimum absolute atomic E-state index is 0. The number of carbonyl (C=O) groups is 1. The van der Waals surface area contributed by atoms with Crippen LogP contribution in [-0.2, 0) is 6.42 Å². The number of hydrogen-bond donors (Lipinski definition) is 1. The van der Waals surface area contributed by atoms with Gasteiger partial charge in [-0.25, -0.2) is 0 Å². The highest BCUT2D eigenvalue weighted by Gasteiger charge is 2.28. The lowest BCUT2D eigenvalue weighted by atomic mass is 10.1. The van der Waals surface area contributed by atoms with Crippen LogP contribution < -0.4 is 24.7 Å². The first-order chi connectivity index (χ1) is 15.1. The van der Waals surface area contributed by atoms with Gasteiger partial charge in [-0.2, -0.15) is 0 Å². The summed E-state index contributed by atoms with van der Waals surface area (Å²) in [6, 6.07) is 9.37. The van der Waals surface area contributed by atoms with Gasteiger partial charge in [-0.3, -0.25) is 4.79 Å². The van der Waals surface area contributed by atoms with Crippen LogP contribution in [0.15, 0.2) is 30.3 Å². The maximum atomic E-state index is 13.4. The normalized spacial score (nSPS) is 13.6. The topological polar surface area (TPSA) is 83.3 Å². The van der Waals surface area contributed by atoms with Gasteiger partial charge in [0, 0.05) is 19.2 Å². The molecule has 2 aromatic carbocycles. The van der Waals surface area contributed by atoms with Crippen LogP contribution in [0.1, 0.15) is 41.6 Å². The standard InChI is InChI=1S/C24H32N2O5.ClH/c1-28-21-19(24(27)26-14-6-4-5-7-15-26)16-20(22(29-2)23(21)30-3)31-18-10-8-17(9-11-18)12-13-25;/h8-11,16H,4-7,12-15,25H2,1-3H3;1H. The van der Waals surface area contributed by atoms with Crippen LogP contribution >= 0.6 is 12.4 Å². The Hall–Kier alpha value is -2.64. The molecule has 1 saturated heterocycles. The Morgan fingerprint density at radius 3 is 2.03 bits per heavy atom. The molecule has 3 rings (SSSR count). The molecular weight excluding hydrogens is 432 g/mol. The van der Waals surface area contributed by atoms with Crippen molar-refractivity contribution in [1.29, 1.82) is 0 Å². The van der Waals surface area contributed by atoms with Crippen molar-refractivity contribution in [2.75, 3.05) is 41.0 Å². The zero-order chi connectivity index (χ0) is 22.2. The lowest BCUT2D eigenvalue weighted by Gasteiger charge is -2.24. The third kappa shape index (κ3) is 5.78. The third-order valence-electron chi connectivity index (χ3n) is 5.48. The minimum Gasteiger partial charge on any atom is -0.492 e. The van der Waals surface area contributed by atoms with Crippen LogP contribution in [-0.4, -0.2) is 51.8 Å². The van der Waals surface area contributed by atoms with E-state index in [1.807, 2.05) is 29.2 Å². The highest BCUT2D eigenvalue weighted by Crippen LogP contribution is 2.48. The summed E-state index contributed by atoms with van der Waals surface area (Å²) in [4.78, 5) is 15.3. The van der Waals surface area contributed by atoms with E-state index < -0.39 is 0 Å². The Kier molecular flexibility index (Phi) is 9.94. The second-order valence-electron chi connectivity index (χ2n) is 7.51. The maximum absolute atomic E-state index is 13.4. The van der Waals surface area contributed by atoms with Gasteiger partial charge in [0.05, 0.1) is 26.9 Å². The van der Waals surface area contributed by atoms with Gasteiger partial charge in [-0.1, -0.05) is 25.0 Å². The molecule has 0 unspecified atom stereocenters. The molecular formula is C24H33ClN2O5. The van der Waals surface area contributed by atoms with Crippen LogP contribution in [0.5, 0.6) is 28.7 Å². The molecule has 0 aliphatic carbocycles. The summed E-state index contributed by atoms with van der Waals surface area (Å²) in [5.74, 6) is 1.98. The molecule has 1 fully saturated rings. The largest absolute Gasteiger partial charge is 0.492 e. The molecule has 1 amide bonds. The molecule has 1 aliphatic heterocycles. The predicted molar refractivity (Wildman–Crippen MR) is 127 cm³/mol. The Morgan fingerprint density at radius 2 is 1.50 bits per heavy atom. The zero-order valence-corrected chi connectivity index (χ0v) is 19.8. The quantitative estimate of drug-likeness (QED) is 0.621. The molecule has 0 saturated carbocycles. The van der Waals surface area contributed by atoms with Crippen molar-refractivity contribution in [3.8, 4) is 28.7 Å². The molecule has 176 valence electrons. The first-order valence-corrected chi connectivity index (χ1v) is 10.7. The van der Waals surface area contributed by atoms with Crippen molar-refractivity contribution >= 4 is 18.3 Å². The van der Waals surface area contributed by atoms with Crippen LogP contribution in [0.3, 0.4) is 0 Å². The fourth-order valence-electron chi connectivity index (χ4n) is 3.88. The number of nitrogens with zero attached hydrogens (tertiary/aromatic N) is 1. The van der Waals surface area contributed by atoms with E-state index in [2.05, 4.69) is 0 Å². The summed E-state index contributed by atoms with van der Waals surface area (Å²) in [5.41, 5.74) is 7.16. The fourth-order valence-corrected chi connectivity index (χ4v) is 3.88. The number of halogens is 1. The molecule has 1 aliphatic rings. The van der Waals surface area contributed by atoms with Crippen LogP contribution in [0.4, 0.5) is 0 Å². The summed E-state index contributed by atoms with van der Waals surface area (Å²) in [7, 11) is 4.57. The van der Waals surface area contributed by atoms with Crippen molar-refractivity contribution in [3.63, 3.8) is 0 Å². The molecule has 0 radical (unpaired) electrons. The highest BCUT2D eigenvalue weighted by molar-refractivity contribution is 5.99. The molecule has 7 nitrogen and oxygen atoms in total. The number of amides is 1. The molecule has 1 heterocycles. The van der Waals surface area contributed by atoms with Crippen molar-refractivity contribution in [2.45, 2.75) is 32.1 Å². The van der Waals surface area contributed by atoms with Gasteiger partial charge in [0.1, 0.15) is 5.75 Å². The summed E-state index contributed by atoms with van der Waals surface area (Å²) < 4.78 is 22.8. The third-order valence-corrected chi connectivity index (χ3v) is 5.48. The van der Waals surface area contributed by atoms with E-state index in [4.69, 9.17) is 24.7 Å². The van der Waals surface area contributed by atoms with Crippen molar-refractivity contribution in [1.82, 2.24) is 4.90 Å². The highest BCUT2D eigenvalue weighted by atomic mass is 35.5. The molecule has 0 atom stereocenters. The Bertz CT molecular complexity index is 881. The Morgan fingerprint density at radius 1 is 0.906 bits per heavy atom. The van der Waals surface area contributed by atoms with Gasteiger partial charge in [-0.05, 0) is 43.5 Å². The molecule has 2 N–H and O–H groups in total. The average molecular weight is 465 g/mol. The molecule has 2 aromatic rings. The number of hydrogen-bond acceptors (Lipinski definition) is 6. The lowest BCUT2D eigenvalue weighted by Crippen LogP contribution is -2.32. The van der Waals surface area contributed by atoms with Crippen molar-refractivity contribution in [2.24, 2.45) is 5.73 Å². The fraction of sp³-hybridized carbons (Fsp3) is 0.458. The first-order valence-electron chi connectivity index (χ1n) is 10.7. The van der Waals surface area contributed by atoms with Gasteiger partial charge in [0.15, 0.2) is 11.5 Å². The maximum Gasteiger partial charge on any atom is 0.257 e. The summed E-state index contributed by atoms with van der Waals surface area (Å²) in [6.07, 6.45) is 5.08. The van der Waals surface area contributed by atoms with Gasteiger partial charge < -0.3 is 29.6 Å². The van der Waals surface area contributed by atoms with Gasteiger partial charge in [0.2, 0.25) is 11.5 Å². The van der Waals surface area contributed by atoms with Crippen LogP contribution in [0.25, 0.3) is 0 Å². The first kappa shape index (κ1) is 25.6. The molecule has 0 spiro atoms. The van der Waals surface area contributed by atoms with Crippen molar-refractivity contribution < 1.29 is 23.7 Å². The Balaban J connectivity index is 0.00000363. The summed E-state index contributed by atoms with van der Waals surface area (Å²) in [6.45, 7) is 2.05. The van der Waals surface area contributed by atoms with Crippen LogP contribution in [0, 0.1) is 0 Å². The number of nitrogens with two attached hydrogens (primary N) is 1. The summed E-state index contributed by atoms with van der Waals surface area (Å²) in [5, 5.41) is 0. The molecule has 0 bridgehead atoms. The number of methoxy groups -OCH3 is 3. The lowest BCUT2D eigenvalue weighted by molar-refractivity contribution is 0.0757. The Labute approximate surface area is 196 Å². The second-order valence-corrected chi connectivity index (χ2v) is 7.51. The SMILES string of the molecule is COc1c(Oc2ccc(CCN)cc2)cc(C(=O)N2CCCCCC2)c(OC)c1OC.Cl. The van der Waals surface area contributed by atoms with E-state index in [1.54, 1.807) is 6.07 Å². The molecule has 8 heteroatoms. The predicted octanol–water partition coefficient (Wildman–Crippen LogP) is 4.44. The number of carbonyl (C=O) groups excluding carboxylic acids is 1. The van der Waals surface area contributed by atoms with E-state index in [1.165, 1.54) is 21.3 Å². The van der Waals surface area contributed by atoms with Crippen molar-refractivity contribution in [3.05, 3.63) is 41.5 Å². The van der Waals surface area contributed by atoms with E-state index in [-0.39, 0.29) is 18.3 Å². The average Bonchev–Trinajstić information content (AvgIpc) is 3.08. The van der Waals surface area contributed by atoms with Gasteiger partial charge in [-0.15, -0.1) is 12.4 Å². The summed E-state index contributed by atoms with van der Waals surface area (Å²) >= 11 is 0. The minimum atomic E-state index is -0.0946. The van der Waals surface area contributed by atoms with E-state index in [9.17, 15) is 4.79 Å². The molecule has 32 heavy (non-hydrogen) atoms. The van der Waals surface area contributed by atoms with E-state index in [0.717, 1.165) is 50.8 Å². The zero-order valence-electron chi connectivity index (χ0n) is 19.0. The molecule has 0 aromatic heterocycles. The van der Waals surface area contributed by atoms with E-state index >= 15 is 0 Å². The van der Waals surface area contributed by atoms with Crippen LogP contribution in [0.2, 0.25) is 0 Å². The monoisotopic (exact) mass is 464 g/mol. The smallest absolute Gasteiger partial charge is 0.257 e. The number of likely N-dealkylation sites (tertiary alicyclic amines) is 1.